The molecular formula is C14H13ClN2O3S. The van der Waals surface area contributed by atoms with Crippen molar-refractivity contribution in [3.63, 3.8) is 0 Å². The summed E-state index contributed by atoms with van der Waals surface area (Å²) in [7, 11) is 0. The lowest BCUT2D eigenvalue weighted by Gasteiger charge is -2.09. The number of halogens is 1. The monoisotopic (exact) mass is 324 g/mol. The zero-order chi connectivity index (χ0) is 15.2. The van der Waals surface area contributed by atoms with Gasteiger partial charge in [0.05, 0.1) is 22.2 Å². The molecule has 0 aliphatic heterocycles. The van der Waals surface area contributed by atoms with Crippen LogP contribution in [0.3, 0.4) is 0 Å². The van der Waals surface area contributed by atoms with Crippen LogP contribution in [0, 0.1) is 0 Å². The molecular weight excluding hydrogens is 312 g/mol. The van der Waals surface area contributed by atoms with Crippen LogP contribution in [0.15, 0.2) is 35.7 Å². The molecule has 110 valence electrons. The SMILES string of the molecule is CCONC(=O)c1ccc(Cl)c(NC(=O)c2cccs2)c1. The highest BCUT2D eigenvalue weighted by atomic mass is 35.5. The van der Waals surface area contributed by atoms with Crippen LogP contribution in [0.4, 0.5) is 5.69 Å². The van der Waals surface area contributed by atoms with Gasteiger partial charge in [0.2, 0.25) is 0 Å². The number of carbonyl (C=O) groups is 2. The van der Waals surface area contributed by atoms with Gasteiger partial charge in [-0.3, -0.25) is 14.4 Å². The van der Waals surface area contributed by atoms with Crippen molar-refractivity contribution >= 4 is 40.4 Å². The molecule has 2 N–H and O–H groups in total. The van der Waals surface area contributed by atoms with Crippen molar-refractivity contribution in [2.45, 2.75) is 6.92 Å². The van der Waals surface area contributed by atoms with Gasteiger partial charge in [0.15, 0.2) is 0 Å². The van der Waals surface area contributed by atoms with Gasteiger partial charge in [-0.25, -0.2) is 5.48 Å². The summed E-state index contributed by atoms with van der Waals surface area (Å²) >= 11 is 7.36. The minimum Gasteiger partial charge on any atom is -0.320 e. The van der Waals surface area contributed by atoms with Crippen LogP contribution in [0.5, 0.6) is 0 Å². The Morgan fingerprint density at radius 3 is 2.76 bits per heavy atom. The minimum absolute atomic E-state index is 0.269. The summed E-state index contributed by atoms with van der Waals surface area (Å²) in [5.41, 5.74) is 3.00. The number of anilines is 1. The highest BCUT2D eigenvalue weighted by Gasteiger charge is 2.12. The van der Waals surface area contributed by atoms with Gasteiger partial charge >= 0.3 is 0 Å². The van der Waals surface area contributed by atoms with Gasteiger partial charge in [0.1, 0.15) is 0 Å². The van der Waals surface area contributed by atoms with E-state index in [1.54, 1.807) is 31.2 Å². The van der Waals surface area contributed by atoms with E-state index in [1.165, 1.54) is 17.4 Å². The number of benzene rings is 1. The van der Waals surface area contributed by atoms with Gasteiger partial charge in [-0.2, -0.15) is 0 Å². The maximum Gasteiger partial charge on any atom is 0.274 e. The van der Waals surface area contributed by atoms with Crippen LogP contribution in [-0.4, -0.2) is 18.4 Å². The molecule has 0 saturated carbocycles. The molecule has 0 atom stereocenters. The van der Waals surface area contributed by atoms with Gasteiger partial charge in [0, 0.05) is 5.56 Å². The number of nitrogens with one attached hydrogen (secondary N) is 2. The van der Waals surface area contributed by atoms with Crippen LogP contribution in [0.2, 0.25) is 5.02 Å². The first-order chi connectivity index (χ1) is 10.1. The molecule has 2 rings (SSSR count). The second-order valence-electron chi connectivity index (χ2n) is 3.99. The summed E-state index contributed by atoms with van der Waals surface area (Å²) in [5.74, 6) is -0.672. The molecule has 0 bridgehead atoms. The molecule has 0 saturated heterocycles. The number of amides is 2. The summed E-state index contributed by atoms with van der Waals surface area (Å²) in [6, 6.07) is 8.10. The smallest absolute Gasteiger partial charge is 0.274 e. The molecule has 0 aliphatic carbocycles. The maximum absolute atomic E-state index is 12.0. The standard InChI is InChI=1S/C14H13ClN2O3S/c1-2-20-17-13(18)9-5-6-10(15)11(8-9)16-14(19)12-4-3-7-21-12/h3-8H,2H2,1H3,(H,16,19)(H,17,18). The zero-order valence-corrected chi connectivity index (χ0v) is 12.8. The third-order valence-corrected chi connectivity index (χ3v) is 3.73. The quantitative estimate of drug-likeness (QED) is 0.829. The number of hydrogen-bond donors (Lipinski definition) is 2. The fraction of sp³-hybridized carbons (Fsp3) is 0.143. The fourth-order valence-electron chi connectivity index (χ4n) is 1.55. The summed E-state index contributed by atoms with van der Waals surface area (Å²) in [4.78, 5) is 29.2. The van der Waals surface area contributed by atoms with E-state index in [9.17, 15) is 9.59 Å². The molecule has 1 heterocycles. The maximum atomic E-state index is 12.0. The van der Waals surface area contributed by atoms with Crippen molar-refractivity contribution in [2.24, 2.45) is 0 Å². The Kier molecular flexibility index (Phi) is 5.32. The summed E-state index contributed by atoms with van der Waals surface area (Å²) in [6.07, 6.45) is 0. The van der Waals surface area contributed by atoms with Crippen LogP contribution in [0.25, 0.3) is 0 Å². The molecule has 0 aliphatic rings. The van der Waals surface area contributed by atoms with Gasteiger partial charge in [0.25, 0.3) is 11.8 Å². The number of hydrogen-bond acceptors (Lipinski definition) is 4. The lowest BCUT2D eigenvalue weighted by molar-refractivity contribution is 0.0364. The summed E-state index contributed by atoms with van der Waals surface area (Å²) in [6.45, 7) is 2.12. The highest BCUT2D eigenvalue weighted by molar-refractivity contribution is 7.12. The van der Waals surface area contributed by atoms with Crippen LogP contribution in [-0.2, 0) is 4.84 Å². The van der Waals surface area contributed by atoms with E-state index < -0.39 is 5.91 Å². The van der Waals surface area contributed by atoms with E-state index in [2.05, 4.69) is 10.8 Å². The first-order valence-electron chi connectivity index (χ1n) is 6.18. The lowest BCUT2D eigenvalue weighted by Crippen LogP contribution is -2.23. The van der Waals surface area contributed by atoms with Crippen molar-refractivity contribution in [3.8, 4) is 0 Å². The molecule has 1 aromatic carbocycles. The van der Waals surface area contributed by atoms with Crippen molar-refractivity contribution in [1.82, 2.24) is 5.48 Å². The van der Waals surface area contributed by atoms with Gasteiger partial charge < -0.3 is 5.32 Å². The second kappa shape index (κ2) is 7.21. The average molecular weight is 325 g/mol. The Hall–Kier alpha value is -1.89. The Morgan fingerprint density at radius 2 is 2.10 bits per heavy atom. The molecule has 5 nitrogen and oxygen atoms in total. The number of carbonyl (C=O) groups excluding carboxylic acids is 2. The molecule has 2 amide bonds. The van der Waals surface area contributed by atoms with E-state index in [4.69, 9.17) is 16.4 Å². The van der Waals surface area contributed by atoms with E-state index in [1.807, 2.05) is 5.38 Å². The van der Waals surface area contributed by atoms with Gasteiger partial charge in [-0.1, -0.05) is 17.7 Å². The number of rotatable bonds is 5. The Morgan fingerprint density at radius 1 is 1.29 bits per heavy atom. The van der Waals surface area contributed by atoms with Gasteiger partial charge in [-0.15, -0.1) is 11.3 Å². The molecule has 0 fully saturated rings. The molecule has 0 spiro atoms. The van der Waals surface area contributed by atoms with E-state index in [0.29, 0.717) is 27.8 Å². The van der Waals surface area contributed by atoms with Crippen molar-refractivity contribution in [2.75, 3.05) is 11.9 Å². The van der Waals surface area contributed by atoms with Gasteiger partial charge in [-0.05, 0) is 36.6 Å². The molecule has 2 aromatic rings. The second-order valence-corrected chi connectivity index (χ2v) is 5.35. The normalized spacial score (nSPS) is 10.2. The number of hydroxylamine groups is 1. The third kappa shape index (κ3) is 4.04. The van der Waals surface area contributed by atoms with Crippen LogP contribution in [0.1, 0.15) is 27.0 Å². The van der Waals surface area contributed by atoms with E-state index >= 15 is 0 Å². The largest absolute Gasteiger partial charge is 0.320 e. The molecule has 0 unspecified atom stereocenters. The van der Waals surface area contributed by atoms with E-state index in [0.717, 1.165) is 0 Å². The first kappa shape index (κ1) is 15.5. The predicted octanol–water partition coefficient (Wildman–Crippen LogP) is 3.34. The minimum atomic E-state index is -0.403. The average Bonchev–Trinajstić information content (AvgIpc) is 3.01. The van der Waals surface area contributed by atoms with Crippen molar-refractivity contribution < 1.29 is 14.4 Å². The summed E-state index contributed by atoms with van der Waals surface area (Å²) in [5, 5.41) is 4.85. The zero-order valence-electron chi connectivity index (χ0n) is 11.2. The molecule has 1 aromatic heterocycles. The fourth-order valence-corrected chi connectivity index (χ4v) is 2.33. The van der Waals surface area contributed by atoms with Crippen molar-refractivity contribution in [1.29, 1.82) is 0 Å². The van der Waals surface area contributed by atoms with E-state index in [-0.39, 0.29) is 5.91 Å². The first-order valence-corrected chi connectivity index (χ1v) is 7.44. The van der Waals surface area contributed by atoms with Crippen LogP contribution < -0.4 is 10.8 Å². The highest BCUT2D eigenvalue weighted by Crippen LogP contribution is 2.24. The summed E-state index contributed by atoms with van der Waals surface area (Å²) < 4.78 is 0. The molecule has 0 radical (unpaired) electrons. The molecule has 7 heteroatoms. The number of thiophene rings is 1. The third-order valence-electron chi connectivity index (χ3n) is 2.53. The Bertz CT molecular complexity index is 644. The lowest BCUT2D eigenvalue weighted by atomic mass is 10.2. The Balaban J connectivity index is 2.15. The van der Waals surface area contributed by atoms with Crippen molar-refractivity contribution in [3.05, 3.63) is 51.2 Å². The molecule has 21 heavy (non-hydrogen) atoms. The predicted molar refractivity (Wildman–Crippen MR) is 82.8 cm³/mol. The topological polar surface area (TPSA) is 67.4 Å². The van der Waals surface area contributed by atoms with Crippen LogP contribution >= 0.6 is 22.9 Å². The Labute approximate surface area is 130 Å².